The van der Waals surface area contributed by atoms with Crippen LogP contribution in [-0.4, -0.2) is 17.8 Å². The number of ether oxygens (including phenoxy) is 1. The first-order chi connectivity index (χ1) is 11.2. The average molecular weight is 347 g/mol. The van der Waals surface area contributed by atoms with Gasteiger partial charge in [0.1, 0.15) is 5.75 Å². The molecule has 0 radical (unpaired) electrons. The van der Waals surface area contributed by atoms with Gasteiger partial charge >= 0.3 is 6.18 Å². The summed E-state index contributed by atoms with van der Waals surface area (Å²) in [6, 6.07) is 5.86. The lowest BCUT2D eigenvalue weighted by Crippen LogP contribution is -2.27. The maximum Gasteiger partial charge on any atom is 0.416 e. The molecular weight excluding hydrogens is 333 g/mol. The number of nitrogens with two attached hydrogens (primary N) is 1. The van der Waals surface area contributed by atoms with Crippen LogP contribution in [0.4, 0.5) is 22.0 Å². The quantitative estimate of drug-likeness (QED) is 0.812. The second kappa shape index (κ2) is 7.14. The molecule has 8 heteroatoms. The number of rotatable bonds is 5. The van der Waals surface area contributed by atoms with E-state index in [2.05, 4.69) is 0 Å². The van der Waals surface area contributed by atoms with E-state index in [0.29, 0.717) is 5.56 Å². The highest BCUT2D eigenvalue weighted by Gasteiger charge is 2.33. The maximum absolute atomic E-state index is 13.9. The normalized spacial score (nSPS) is 13.0. The molecule has 0 fully saturated rings. The number of aliphatic hydroxyl groups excluding tert-OH is 1. The van der Waals surface area contributed by atoms with Crippen molar-refractivity contribution in [2.45, 2.75) is 18.6 Å². The summed E-state index contributed by atoms with van der Waals surface area (Å²) < 4.78 is 70.5. The number of benzene rings is 2. The Labute approximate surface area is 134 Å². The molecule has 2 rings (SSSR count). The van der Waals surface area contributed by atoms with Gasteiger partial charge in [-0.05, 0) is 30.2 Å². The topological polar surface area (TPSA) is 55.5 Å². The molecule has 24 heavy (non-hydrogen) atoms. The smallest absolute Gasteiger partial charge is 0.416 e. The summed E-state index contributed by atoms with van der Waals surface area (Å²) in [5.74, 6) is -3.83. The van der Waals surface area contributed by atoms with Gasteiger partial charge < -0.3 is 15.6 Å². The number of aliphatic hydroxyl groups is 1. The molecule has 0 aliphatic rings. The fourth-order valence-electron chi connectivity index (χ4n) is 2.05. The van der Waals surface area contributed by atoms with E-state index in [0.717, 1.165) is 0 Å². The summed E-state index contributed by atoms with van der Waals surface area (Å²) in [7, 11) is 0. The fraction of sp³-hybridized carbons (Fsp3) is 0.250. The van der Waals surface area contributed by atoms with E-state index in [4.69, 9.17) is 15.6 Å². The van der Waals surface area contributed by atoms with Gasteiger partial charge in [-0.25, -0.2) is 8.78 Å². The largest absolute Gasteiger partial charge is 0.451 e. The van der Waals surface area contributed by atoms with E-state index in [9.17, 15) is 22.0 Å². The highest BCUT2D eigenvalue weighted by atomic mass is 19.4. The molecule has 0 aromatic heterocycles. The first-order valence-electron chi connectivity index (χ1n) is 6.90. The second-order valence-electron chi connectivity index (χ2n) is 5.12. The molecule has 0 aliphatic carbocycles. The molecule has 3 N–H and O–H groups in total. The van der Waals surface area contributed by atoms with Crippen molar-refractivity contribution in [1.82, 2.24) is 0 Å². The highest BCUT2D eigenvalue weighted by molar-refractivity contribution is 5.40. The second-order valence-corrected chi connectivity index (χ2v) is 5.12. The molecule has 1 atom stereocenters. The van der Waals surface area contributed by atoms with Crippen molar-refractivity contribution in [1.29, 1.82) is 0 Å². The van der Waals surface area contributed by atoms with E-state index >= 15 is 0 Å². The van der Waals surface area contributed by atoms with Gasteiger partial charge in [0.25, 0.3) is 0 Å². The molecule has 0 spiro atoms. The Kier molecular flexibility index (Phi) is 5.40. The molecule has 0 amide bonds. The molecule has 0 aliphatic heterocycles. The van der Waals surface area contributed by atoms with Gasteiger partial charge in [-0.3, -0.25) is 0 Å². The molecule has 2 aromatic carbocycles. The Hall–Kier alpha value is -2.19. The SMILES string of the molecule is NC(CO)Cc1ccccc1Oc1c(F)cc(C(F)(F)F)cc1F. The third-order valence-corrected chi connectivity index (χ3v) is 3.23. The van der Waals surface area contributed by atoms with Crippen molar-refractivity contribution in [3.05, 3.63) is 59.2 Å². The minimum atomic E-state index is -4.87. The van der Waals surface area contributed by atoms with Gasteiger partial charge in [-0.15, -0.1) is 0 Å². The van der Waals surface area contributed by atoms with Crippen LogP contribution < -0.4 is 10.5 Å². The van der Waals surface area contributed by atoms with Crippen molar-refractivity contribution in [2.24, 2.45) is 5.73 Å². The zero-order valence-electron chi connectivity index (χ0n) is 12.3. The van der Waals surface area contributed by atoms with Gasteiger partial charge in [0.2, 0.25) is 0 Å². The Bertz CT molecular complexity index is 695. The standard InChI is InChI=1S/C16H14F5NO2/c17-12-6-10(16(19,20)21)7-13(18)15(12)24-14-4-2-1-3-9(14)5-11(22)8-23/h1-4,6-7,11,23H,5,8,22H2. The average Bonchev–Trinajstić information content (AvgIpc) is 2.51. The molecule has 3 nitrogen and oxygen atoms in total. The van der Waals surface area contributed by atoms with Crippen LogP contribution in [-0.2, 0) is 12.6 Å². The minimum absolute atomic E-state index is 0.0407. The predicted molar refractivity (Wildman–Crippen MR) is 76.6 cm³/mol. The van der Waals surface area contributed by atoms with Crippen LogP contribution >= 0.6 is 0 Å². The third-order valence-electron chi connectivity index (χ3n) is 3.23. The van der Waals surface area contributed by atoms with Gasteiger partial charge in [-0.1, -0.05) is 18.2 Å². The third kappa shape index (κ3) is 4.21. The number of halogens is 5. The summed E-state index contributed by atoms with van der Waals surface area (Å²) in [5.41, 5.74) is 4.63. The van der Waals surface area contributed by atoms with E-state index in [-0.39, 0.29) is 30.9 Å². The zero-order chi connectivity index (χ0) is 17.9. The first-order valence-corrected chi connectivity index (χ1v) is 6.90. The number of para-hydroxylation sites is 1. The summed E-state index contributed by atoms with van der Waals surface area (Å²) in [5, 5.41) is 8.98. The van der Waals surface area contributed by atoms with Crippen LogP contribution in [0.5, 0.6) is 11.5 Å². The predicted octanol–water partition coefficient (Wildman–Crippen LogP) is 3.64. The van der Waals surface area contributed by atoms with Crippen LogP contribution in [0, 0.1) is 11.6 Å². The molecule has 0 saturated heterocycles. The Morgan fingerprint density at radius 1 is 1.08 bits per heavy atom. The van der Waals surface area contributed by atoms with Crippen LogP contribution in [0.2, 0.25) is 0 Å². The van der Waals surface area contributed by atoms with Gasteiger partial charge in [0.15, 0.2) is 17.4 Å². The summed E-state index contributed by atoms with van der Waals surface area (Å²) in [4.78, 5) is 0. The highest BCUT2D eigenvalue weighted by Crippen LogP contribution is 2.36. The Morgan fingerprint density at radius 3 is 2.21 bits per heavy atom. The lowest BCUT2D eigenvalue weighted by molar-refractivity contribution is -0.138. The van der Waals surface area contributed by atoms with E-state index in [1.54, 1.807) is 12.1 Å². The fourth-order valence-corrected chi connectivity index (χ4v) is 2.05. The van der Waals surface area contributed by atoms with Crippen LogP contribution in [0.3, 0.4) is 0 Å². The van der Waals surface area contributed by atoms with Crippen LogP contribution in [0.25, 0.3) is 0 Å². The lowest BCUT2D eigenvalue weighted by Gasteiger charge is -2.15. The zero-order valence-corrected chi connectivity index (χ0v) is 12.3. The van der Waals surface area contributed by atoms with Crippen LogP contribution in [0.15, 0.2) is 36.4 Å². The van der Waals surface area contributed by atoms with Crippen molar-refractivity contribution < 1.29 is 31.8 Å². The molecule has 130 valence electrons. The van der Waals surface area contributed by atoms with Gasteiger partial charge in [0.05, 0.1) is 12.2 Å². The summed E-state index contributed by atoms with van der Waals surface area (Å²) in [6.07, 6.45) is -4.71. The summed E-state index contributed by atoms with van der Waals surface area (Å²) in [6.45, 7) is -0.308. The molecule has 0 bridgehead atoms. The van der Waals surface area contributed by atoms with E-state index < -0.39 is 35.2 Å². The van der Waals surface area contributed by atoms with Crippen molar-refractivity contribution in [2.75, 3.05) is 6.61 Å². The van der Waals surface area contributed by atoms with Crippen molar-refractivity contribution in [3.8, 4) is 11.5 Å². The molecule has 0 saturated carbocycles. The van der Waals surface area contributed by atoms with E-state index in [1.165, 1.54) is 12.1 Å². The number of alkyl halides is 3. The van der Waals surface area contributed by atoms with Crippen molar-refractivity contribution in [3.63, 3.8) is 0 Å². The molecule has 2 aromatic rings. The van der Waals surface area contributed by atoms with E-state index in [1.807, 2.05) is 0 Å². The molecule has 1 unspecified atom stereocenters. The molecule has 0 heterocycles. The maximum atomic E-state index is 13.9. The number of hydrogen-bond acceptors (Lipinski definition) is 3. The summed E-state index contributed by atoms with van der Waals surface area (Å²) >= 11 is 0. The molecular formula is C16H14F5NO2. The van der Waals surface area contributed by atoms with Gasteiger partial charge in [0, 0.05) is 6.04 Å². The monoisotopic (exact) mass is 347 g/mol. The van der Waals surface area contributed by atoms with Gasteiger partial charge in [-0.2, -0.15) is 13.2 Å². The number of hydrogen-bond donors (Lipinski definition) is 2. The minimum Gasteiger partial charge on any atom is -0.451 e. The lowest BCUT2D eigenvalue weighted by atomic mass is 10.1. The Morgan fingerprint density at radius 2 is 1.67 bits per heavy atom. The first kappa shape index (κ1) is 18.2. The Balaban J connectivity index is 2.36. The van der Waals surface area contributed by atoms with Crippen LogP contribution in [0.1, 0.15) is 11.1 Å². The van der Waals surface area contributed by atoms with Crippen molar-refractivity contribution >= 4 is 0 Å².